The molecule has 0 aromatic carbocycles. The zero-order valence-electron chi connectivity index (χ0n) is 40.2. The molecule has 5 N–H and O–H groups in total. The van der Waals surface area contributed by atoms with Gasteiger partial charge in [0, 0.05) is 37.6 Å². The van der Waals surface area contributed by atoms with Gasteiger partial charge in [0.2, 0.25) is 5.91 Å². The Morgan fingerprint density at radius 3 is 1.42 bits per heavy atom. The van der Waals surface area contributed by atoms with E-state index in [0.717, 1.165) is 44.2 Å². The lowest BCUT2D eigenvalue weighted by molar-refractivity contribution is -0.151. The van der Waals surface area contributed by atoms with Gasteiger partial charge in [-0.15, -0.1) is 0 Å². The topological polar surface area (TPSA) is 200 Å². The summed E-state index contributed by atoms with van der Waals surface area (Å²) in [6.07, 6.45) is 45.6. The first-order chi connectivity index (χ1) is 31.2. The highest BCUT2D eigenvalue weighted by Crippen LogP contribution is 2.12. The van der Waals surface area contributed by atoms with E-state index < -0.39 is 23.9 Å². The highest BCUT2D eigenvalue weighted by atomic mass is 16.5. The number of carboxylic acids is 1. The number of aromatic amines is 1. The summed E-state index contributed by atoms with van der Waals surface area (Å²) in [7, 11) is 0. The minimum absolute atomic E-state index is 0.0290. The molecule has 0 saturated heterocycles. The standard InChI is InChI=1S/C33H56N4O7.C18H34O2/c1-2-3-4-5-6-7-8-9-10-11-12-13-14-15-16-18-30(38)42-22-17-23-43-31(39)19-20-32(40)44-24-21-36-33(41)29(34)25-28-26-35-27-37-28;1-2-3-4-5-6-7-8-9-10-11-12-13-14-15-16-17-18(19)20/h9-10,26-27,29H,2-8,11-25,34H2,1H3,(H,35,37)(H,36,41);9-10H,2-8,11-17H2,1H3,(H,19,20)/b2*10-9-. The predicted octanol–water partition coefficient (Wildman–Crippen LogP) is 11.3. The number of ether oxygens (including phenoxy) is 3. The van der Waals surface area contributed by atoms with Crippen molar-refractivity contribution in [1.29, 1.82) is 0 Å². The molecule has 0 radical (unpaired) electrons. The summed E-state index contributed by atoms with van der Waals surface area (Å²) in [5, 5.41) is 11.1. The second-order valence-electron chi connectivity index (χ2n) is 16.8. The second-order valence-corrected chi connectivity index (χ2v) is 16.8. The Kier molecular flexibility index (Phi) is 44.0. The molecule has 0 aliphatic heterocycles. The molecule has 1 aromatic rings. The molecule has 1 unspecified atom stereocenters. The predicted molar refractivity (Wildman–Crippen MR) is 257 cm³/mol. The fourth-order valence-corrected chi connectivity index (χ4v) is 6.73. The maximum absolute atomic E-state index is 12.0. The van der Waals surface area contributed by atoms with Crippen LogP contribution in [-0.2, 0) is 44.6 Å². The number of aliphatic carboxylic acids is 1. The Hall–Kier alpha value is -4.00. The van der Waals surface area contributed by atoms with E-state index in [-0.39, 0.29) is 51.1 Å². The third-order valence-corrected chi connectivity index (χ3v) is 10.6. The zero-order valence-corrected chi connectivity index (χ0v) is 40.2. The minimum Gasteiger partial charge on any atom is -0.481 e. The molecule has 1 amide bonds. The number of hydrogen-bond donors (Lipinski definition) is 4. The van der Waals surface area contributed by atoms with Gasteiger partial charge in [-0.1, -0.05) is 141 Å². The van der Waals surface area contributed by atoms with Crippen LogP contribution in [0.15, 0.2) is 36.8 Å². The van der Waals surface area contributed by atoms with Gasteiger partial charge in [-0.3, -0.25) is 24.0 Å². The molecule has 0 fully saturated rings. The van der Waals surface area contributed by atoms with Crippen LogP contribution in [0.25, 0.3) is 0 Å². The van der Waals surface area contributed by atoms with E-state index in [1.54, 1.807) is 6.20 Å². The highest BCUT2D eigenvalue weighted by Gasteiger charge is 2.15. The number of allylic oxidation sites excluding steroid dienone is 4. The van der Waals surface area contributed by atoms with E-state index in [9.17, 15) is 24.0 Å². The van der Waals surface area contributed by atoms with Gasteiger partial charge in [0.05, 0.1) is 45.0 Å². The molecule has 1 aromatic heterocycles. The molecule has 0 spiro atoms. The van der Waals surface area contributed by atoms with Crippen molar-refractivity contribution in [2.75, 3.05) is 26.4 Å². The fourth-order valence-electron chi connectivity index (χ4n) is 6.73. The summed E-state index contributed by atoms with van der Waals surface area (Å²) in [5.41, 5.74) is 6.57. The summed E-state index contributed by atoms with van der Waals surface area (Å²) >= 11 is 0. The quantitative estimate of drug-likeness (QED) is 0.0210. The summed E-state index contributed by atoms with van der Waals surface area (Å²) in [4.78, 5) is 64.5. The number of hydrogen-bond acceptors (Lipinski definition) is 10. The van der Waals surface area contributed by atoms with Gasteiger partial charge in [-0.05, 0) is 64.2 Å². The van der Waals surface area contributed by atoms with Crippen LogP contribution in [0.2, 0.25) is 0 Å². The lowest BCUT2D eigenvalue weighted by Crippen LogP contribution is -2.43. The average molecular weight is 903 g/mol. The molecule has 0 aliphatic rings. The average Bonchev–Trinajstić information content (AvgIpc) is 3.80. The van der Waals surface area contributed by atoms with Crippen LogP contribution in [0, 0.1) is 0 Å². The molecule has 64 heavy (non-hydrogen) atoms. The Labute approximate surface area is 387 Å². The van der Waals surface area contributed by atoms with Crippen molar-refractivity contribution >= 4 is 29.8 Å². The number of nitrogens with two attached hydrogens (primary N) is 1. The van der Waals surface area contributed by atoms with Crippen LogP contribution in [0.4, 0.5) is 0 Å². The van der Waals surface area contributed by atoms with Gasteiger partial charge in [0.1, 0.15) is 6.61 Å². The normalized spacial score (nSPS) is 11.6. The van der Waals surface area contributed by atoms with Crippen molar-refractivity contribution in [2.24, 2.45) is 5.73 Å². The number of esters is 3. The van der Waals surface area contributed by atoms with Gasteiger partial charge in [-0.2, -0.15) is 0 Å². The number of imidazole rings is 1. The number of carboxylic acid groups (broad SMARTS) is 1. The molecular weight excluding hydrogens is 813 g/mol. The molecule has 1 heterocycles. The summed E-state index contributed by atoms with van der Waals surface area (Å²) in [5.74, 6) is -2.36. The third kappa shape index (κ3) is 44.6. The lowest BCUT2D eigenvalue weighted by atomic mass is 10.1. The van der Waals surface area contributed by atoms with Crippen molar-refractivity contribution < 1.29 is 43.3 Å². The van der Waals surface area contributed by atoms with E-state index in [1.807, 2.05) is 0 Å². The van der Waals surface area contributed by atoms with Crippen molar-refractivity contribution in [3.8, 4) is 0 Å². The van der Waals surface area contributed by atoms with Crippen LogP contribution in [0.5, 0.6) is 0 Å². The Morgan fingerprint density at radius 2 is 0.984 bits per heavy atom. The van der Waals surface area contributed by atoms with Crippen LogP contribution in [0.3, 0.4) is 0 Å². The van der Waals surface area contributed by atoms with E-state index in [1.165, 1.54) is 135 Å². The molecule has 0 aliphatic carbocycles. The van der Waals surface area contributed by atoms with Gasteiger partial charge in [0.25, 0.3) is 0 Å². The van der Waals surface area contributed by atoms with Crippen molar-refractivity contribution in [1.82, 2.24) is 15.3 Å². The molecule has 13 nitrogen and oxygen atoms in total. The first kappa shape index (κ1) is 60.0. The summed E-state index contributed by atoms with van der Waals surface area (Å²) < 4.78 is 15.3. The van der Waals surface area contributed by atoms with E-state index in [0.29, 0.717) is 25.7 Å². The van der Waals surface area contributed by atoms with E-state index in [4.69, 9.17) is 25.1 Å². The maximum atomic E-state index is 12.0. The molecule has 13 heteroatoms. The van der Waals surface area contributed by atoms with Crippen LogP contribution in [-0.4, -0.2) is 77.3 Å². The van der Waals surface area contributed by atoms with Crippen molar-refractivity contribution in [3.05, 3.63) is 42.5 Å². The Balaban J connectivity index is 0.00000166. The summed E-state index contributed by atoms with van der Waals surface area (Å²) in [6, 6.07) is -0.749. The second kappa shape index (κ2) is 47.0. The molecular formula is C51H90N4O9. The largest absolute Gasteiger partial charge is 0.481 e. The number of nitrogens with one attached hydrogen (secondary N) is 2. The Bertz CT molecular complexity index is 1320. The van der Waals surface area contributed by atoms with Crippen LogP contribution in [0.1, 0.15) is 219 Å². The zero-order chi connectivity index (χ0) is 47.0. The number of rotatable bonds is 43. The highest BCUT2D eigenvalue weighted by molar-refractivity contribution is 5.81. The SMILES string of the molecule is CCCCCCCC/C=C\CCCCCCCC(=O)O.CCCCCCCC/C=C\CCCCCCCC(=O)OCCCOC(=O)CCC(=O)OCCNC(=O)C(N)Cc1cnc[nH]1. The molecule has 0 bridgehead atoms. The van der Waals surface area contributed by atoms with Gasteiger partial charge >= 0.3 is 23.9 Å². The third-order valence-electron chi connectivity index (χ3n) is 10.6. The van der Waals surface area contributed by atoms with Crippen LogP contribution >= 0.6 is 0 Å². The van der Waals surface area contributed by atoms with Gasteiger partial charge in [0.15, 0.2) is 0 Å². The first-order valence-electron chi connectivity index (χ1n) is 25.2. The number of aromatic nitrogens is 2. The maximum Gasteiger partial charge on any atom is 0.306 e. The molecule has 368 valence electrons. The van der Waals surface area contributed by atoms with Crippen molar-refractivity contribution in [3.63, 3.8) is 0 Å². The number of amides is 1. The number of nitrogens with zero attached hydrogens (tertiary/aromatic N) is 1. The van der Waals surface area contributed by atoms with Gasteiger partial charge < -0.3 is 35.4 Å². The number of carbonyl (C=O) groups excluding carboxylic acids is 4. The lowest BCUT2D eigenvalue weighted by Gasteiger charge is -2.11. The smallest absolute Gasteiger partial charge is 0.306 e. The number of H-pyrrole nitrogens is 1. The first-order valence-corrected chi connectivity index (χ1v) is 25.2. The van der Waals surface area contributed by atoms with E-state index >= 15 is 0 Å². The summed E-state index contributed by atoms with van der Waals surface area (Å²) in [6.45, 7) is 4.89. The molecule has 1 rings (SSSR count). The Morgan fingerprint density at radius 1 is 0.578 bits per heavy atom. The molecule has 0 saturated carbocycles. The number of carbonyl (C=O) groups is 5. The van der Waals surface area contributed by atoms with E-state index in [2.05, 4.69) is 53.4 Å². The number of unbranched alkanes of at least 4 members (excludes halogenated alkanes) is 22. The fraction of sp³-hybridized carbons (Fsp3) is 0.765. The van der Waals surface area contributed by atoms with Gasteiger partial charge in [-0.25, -0.2) is 4.98 Å². The molecule has 1 atom stereocenters. The van der Waals surface area contributed by atoms with Crippen molar-refractivity contribution in [2.45, 2.75) is 225 Å². The van der Waals surface area contributed by atoms with Crippen LogP contribution < -0.4 is 11.1 Å². The minimum atomic E-state index is -0.749. The monoisotopic (exact) mass is 903 g/mol.